The monoisotopic (exact) mass is 573 g/mol. The van der Waals surface area contributed by atoms with E-state index in [0.717, 1.165) is 24.1 Å². The van der Waals surface area contributed by atoms with Gasteiger partial charge in [-0.3, -0.25) is 4.79 Å². The fraction of sp³-hybridized carbons (Fsp3) is 0.452. The molecule has 2 aromatic carbocycles. The fourth-order valence-corrected chi connectivity index (χ4v) is 5.59. The van der Waals surface area contributed by atoms with Crippen molar-refractivity contribution >= 4 is 11.9 Å². The number of carboxylic acid groups (broad SMARTS) is 1. The van der Waals surface area contributed by atoms with Crippen LogP contribution in [-0.2, 0) is 11.2 Å². The van der Waals surface area contributed by atoms with Crippen LogP contribution >= 0.6 is 0 Å². The molecule has 1 aliphatic rings. The first-order chi connectivity index (χ1) is 19.1. The summed E-state index contributed by atoms with van der Waals surface area (Å²) in [7, 11) is 0. The summed E-state index contributed by atoms with van der Waals surface area (Å²) in [5.41, 5.74) is 3.62. The molecule has 3 atom stereocenters. The van der Waals surface area contributed by atoms with Crippen molar-refractivity contribution in [1.29, 1.82) is 0 Å². The van der Waals surface area contributed by atoms with Crippen LogP contribution in [0.4, 0.5) is 4.39 Å². The van der Waals surface area contributed by atoms with Gasteiger partial charge < -0.3 is 25.0 Å². The Balaban J connectivity index is 0.00000462. The number of aliphatic hydroxyl groups excluding tert-OH is 2. The fourth-order valence-electron chi connectivity index (χ4n) is 5.59. The first kappa shape index (κ1) is 32.9. The molecule has 0 bridgehead atoms. The molecule has 1 aromatic heterocycles. The van der Waals surface area contributed by atoms with E-state index in [1.807, 2.05) is 36.9 Å². The summed E-state index contributed by atoms with van der Waals surface area (Å²) in [6.45, 7) is 5.19. The van der Waals surface area contributed by atoms with Gasteiger partial charge in [-0.25, -0.2) is 9.07 Å². The van der Waals surface area contributed by atoms with Gasteiger partial charge in [-0.05, 0) is 67.9 Å². The summed E-state index contributed by atoms with van der Waals surface area (Å²) in [5, 5.41) is 36.0. The molecule has 0 radical (unpaired) electrons. The van der Waals surface area contributed by atoms with E-state index in [4.69, 9.17) is 5.10 Å². The molecular weight excluding hydrogens is 536 g/mol. The first-order valence-electron chi connectivity index (χ1n) is 13.9. The van der Waals surface area contributed by atoms with Crippen LogP contribution in [-0.4, -0.2) is 62.1 Å². The van der Waals surface area contributed by atoms with Crippen LogP contribution in [0.5, 0.6) is 0 Å². The second-order valence-corrected chi connectivity index (χ2v) is 10.9. The Morgan fingerprint density at radius 2 is 1.76 bits per heavy atom. The van der Waals surface area contributed by atoms with Crippen LogP contribution in [0.3, 0.4) is 0 Å². The second-order valence-electron chi connectivity index (χ2n) is 10.9. The van der Waals surface area contributed by atoms with Gasteiger partial charge >= 0.3 is 29.6 Å². The van der Waals surface area contributed by atoms with Crippen molar-refractivity contribution in [3.05, 3.63) is 82.9 Å². The van der Waals surface area contributed by atoms with E-state index in [1.54, 1.807) is 16.8 Å². The van der Waals surface area contributed by atoms with Crippen molar-refractivity contribution in [1.82, 2.24) is 14.7 Å². The number of aromatic nitrogens is 2. The second kappa shape index (κ2) is 15.1. The molecule has 1 fully saturated rings. The molecule has 4 rings (SSSR count). The number of rotatable bonds is 11. The summed E-state index contributed by atoms with van der Waals surface area (Å²) < 4.78 is 15.4. The summed E-state index contributed by atoms with van der Waals surface area (Å²) in [6.07, 6.45) is -0.452. The summed E-state index contributed by atoms with van der Waals surface area (Å²) >= 11 is 0. The van der Waals surface area contributed by atoms with E-state index in [-0.39, 0.29) is 60.1 Å². The summed E-state index contributed by atoms with van der Waals surface area (Å²) in [5.74, 6) is -1.76. The smallest absolute Gasteiger partial charge is 0.550 e. The molecule has 8 nitrogen and oxygen atoms in total. The third-order valence-electron chi connectivity index (χ3n) is 7.51. The molecule has 3 aromatic rings. The number of likely N-dealkylation sites (tertiary alicyclic amines) is 1. The zero-order valence-electron chi connectivity index (χ0n) is 24.0. The number of halogens is 1. The SMILES string of the molecule is CC(C)c1c(C(=O)N2CCCC(c3ccccc3)C2)nn(-c2ccc(F)cc2)c1CC[C@@H](O)C[C@@H](O)CC(=O)[O-].[Na+]. The predicted molar refractivity (Wildman–Crippen MR) is 147 cm³/mol. The summed E-state index contributed by atoms with van der Waals surface area (Å²) in [6, 6.07) is 16.0. The maximum atomic E-state index is 14.0. The normalized spacial score (nSPS) is 16.7. The molecule has 10 heteroatoms. The van der Waals surface area contributed by atoms with Gasteiger partial charge in [0.1, 0.15) is 5.82 Å². The van der Waals surface area contributed by atoms with E-state index in [2.05, 4.69) is 12.1 Å². The molecule has 2 N–H and O–H groups in total. The zero-order chi connectivity index (χ0) is 28.8. The molecule has 1 saturated heterocycles. The van der Waals surface area contributed by atoms with Crippen LogP contribution < -0.4 is 34.7 Å². The van der Waals surface area contributed by atoms with Crippen molar-refractivity contribution in [2.75, 3.05) is 13.1 Å². The quantitative estimate of drug-likeness (QED) is 0.320. The van der Waals surface area contributed by atoms with Gasteiger partial charge in [-0.15, -0.1) is 0 Å². The number of carbonyl (C=O) groups is 2. The standard InChI is InChI=1S/C31H38FN3O5.Na/c1-20(2)29-27(15-14-25(36)17-26(37)18-28(38)39)35(24-12-10-23(32)11-13-24)33-30(29)31(40)34-16-6-9-22(19-34)21-7-4-3-5-8-21;/h3-5,7-8,10-13,20,22,25-26,36-37H,6,9,14-19H2,1-2H3,(H,38,39);/q;+1/p-1/t22?,25-,26-;/m1./s1. The summed E-state index contributed by atoms with van der Waals surface area (Å²) in [4.78, 5) is 26.6. The van der Waals surface area contributed by atoms with Crippen molar-refractivity contribution in [3.63, 3.8) is 0 Å². The molecule has 0 aliphatic carbocycles. The number of amides is 1. The molecule has 0 spiro atoms. The van der Waals surface area contributed by atoms with E-state index < -0.39 is 30.4 Å². The number of carboxylic acids is 1. The first-order valence-corrected chi connectivity index (χ1v) is 13.9. The Morgan fingerprint density at radius 3 is 2.39 bits per heavy atom. The number of carbonyl (C=O) groups excluding carboxylic acids is 2. The molecule has 1 unspecified atom stereocenters. The van der Waals surface area contributed by atoms with Gasteiger partial charge in [-0.2, -0.15) is 5.10 Å². The maximum Gasteiger partial charge on any atom is 1.00 e. The van der Waals surface area contributed by atoms with E-state index in [1.165, 1.54) is 17.7 Å². The topological polar surface area (TPSA) is 119 Å². The zero-order valence-corrected chi connectivity index (χ0v) is 26.0. The number of hydrogen-bond acceptors (Lipinski definition) is 6. The van der Waals surface area contributed by atoms with Gasteiger partial charge in [0, 0.05) is 42.7 Å². The Labute approximate surface area is 262 Å². The molecule has 0 saturated carbocycles. The third kappa shape index (κ3) is 8.49. The molecule has 41 heavy (non-hydrogen) atoms. The Morgan fingerprint density at radius 1 is 1.07 bits per heavy atom. The molecular formula is C31H37FN3NaO5. The van der Waals surface area contributed by atoms with E-state index in [0.29, 0.717) is 30.9 Å². The van der Waals surface area contributed by atoms with E-state index in [9.17, 15) is 29.3 Å². The number of benzene rings is 2. The molecule has 214 valence electrons. The maximum absolute atomic E-state index is 14.0. The number of aliphatic carboxylic acids is 1. The molecule has 1 aliphatic heterocycles. The van der Waals surface area contributed by atoms with Gasteiger partial charge in [0.05, 0.1) is 17.9 Å². The average Bonchev–Trinajstić information content (AvgIpc) is 3.32. The van der Waals surface area contributed by atoms with Crippen molar-refractivity contribution in [2.45, 2.75) is 76.4 Å². The van der Waals surface area contributed by atoms with Crippen LogP contribution in [0.25, 0.3) is 5.69 Å². The predicted octanol–water partition coefficient (Wildman–Crippen LogP) is 0.343. The van der Waals surface area contributed by atoms with E-state index >= 15 is 0 Å². The van der Waals surface area contributed by atoms with Crippen LogP contribution in [0, 0.1) is 5.82 Å². The van der Waals surface area contributed by atoms with Crippen molar-refractivity contribution < 1.29 is 58.9 Å². The number of aliphatic hydroxyl groups is 2. The van der Waals surface area contributed by atoms with Crippen LogP contribution in [0.15, 0.2) is 54.6 Å². The number of hydrogen-bond donors (Lipinski definition) is 2. The minimum absolute atomic E-state index is 0. The van der Waals surface area contributed by atoms with Crippen molar-refractivity contribution in [3.8, 4) is 5.69 Å². The minimum atomic E-state index is -1.38. The van der Waals surface area contributed by atoms with Gasteiger partial charge in [0.15, 0.2) is 5.69 Å². The largest absolute Gasteiger partial charge is 1.00 e. The Bertz CT molecular complexity index is 1300. The van der Waals surface area contributed by atoms with Crippen molar-refractivity contribution in [2.24, 2.45) is 0 Å². The molecule has 1 amide bonds. The number of nitrogens with zero attached hydrogens (tertiary/aromatic N) is 3. The molecule has 2 heterocycles. The third-order valence-corrected chi connectivity index (χ3v) is 7.51. The minimum Gasteiger partial charge on any atom is -0.550 e. The van der Waals surface area contributed by atoms with Crippen LogP contribution in [0.1, 0.15) is 85.1 Å². The Kier molecular flexibility index (Phi) is 12.1. The van der Waals surface area contributed by atoms with Gasteiger partial charge in [0.2, 0.25) is 0 Å². The van der Waals surface area contributed by atoms with Crippen LogP contribution in [0.2, 0.25) is 0 Å². The van der Waals surface area contributed by atoms with Gasteiger partial charge in [-0.1, -0.05) is 44.2 Å². The Hall–Kier alpha value is -2.56. The number of piperidine rings is 1. The van der Waals surface area contributed by atoms with Gasteiger partial charge in [0.25, 0.3) is 5.91 Å². The average molecular weight is 574 g/mol.